The summed E-state index contributed by atoms with van der Waals surface area (Å²) in [7, 11) is 0. The largest absolute Gasteiger partial charge is 0.381 e. The molecule has 0 radical (unpaired) electrons. The average Bonchev–Trinajstić information content (AvgIpc) is 2.98. The summed E-state index contributed by atoms with van der Waals surface area (Å²) in [6.07, 6.45) is 1.91. The quantitative estimate of drug-likeness (QED) is 0.898. The lowest BCUT2D eigenvalue weighted by Gasteiger charge is -2.16. The second-order valence-electron chi connectivity index (χ2n) is 4.92. The number of halogens is 1. The fourth-order valence-corrected chi connectivity index (χ4v) is 2.49. The number of rotatable bonds is 5. The fraction of sp³-hybridized carbons (Fsp3) is 0.467. The lowest BCUT2D eigenvalue weighted by atomic mass is 10.00. The molecule has 1 fully saturated rings. The number of carbonyl (C=O) groups is 1. The summed E-state index contributed by atoms with van der Waals surface area (Å²) in [4.78, 5) is 11.9. The number of nitrogens with one attached hydrogen (secondary N) is 1. The maximum absolute atomic E-state index is 11.9. The van der Waals surface area contributed by atoms with E-state index in [4.69, 9.17) is 10.00 Å². The van der Waals surface area contributed by atoms with Gasteiger partial charge in [0.05, 0.1) is 12.7 Å². The number of aryl methyl sites for hydroxylation is 1. The monoisotopic (exact) mass is 336 g/mol. The molecule has 0 bridgehead atoms. The Balaban J connectivity index is 1.79. The van der Waals surface area contributed by atoms with Crippen LogP contribution in [-0.4, -0.2) is 25.2 Å². The molecule has 1 aromatic rings. The van der Waals surface area contributed by atoms with Crippen molar-refractivity contribution in [2.24, 2.45) is 5.92 Å². The van der Waals surface area contributed by atoms with E-state index >= 15 is 0 Å². The number of nitrogens with zero attached hydrogens (tertiary/aromatic N) is 1. The Labute approximate surface area is 127 Å². The molecule has 1 amide bonds. The van der Waals surface area contributed by atoms with E-state index in [2.05, 4.69) is 27.3 Å². The molecule has 0 aliphatic carbocycles. The van der Waals surface area contributed by atoms with Crippen LogP contribution in [0.5, 0.6) is 0 Å². The zero-order valence-corrected chi connectivity index (χ0v) is 12.7. The number of amides is 1. The molecule has 20 heavy (non-hydrogen) atoms. The Morgan fingerprint density at radius 3 is 2.85 bits per heavy atom. The molecule has 1 heterocycles. The van der Waals surface area contributed by atoms with Gasteiger partial charge in [0, 0.05) is 23.4 Å². The van der Waals surface area contributed by atoms with Crippen molar-refractivity contribution in [2.75, 3.05) is 13.2 Å². The second-order valence-corrected chi connectivity index (χ2v) is 5.84. The van der Waals surface area contributed by atoms with Gasteiger partial charge >= 0.3 is 0 Å². The maximum atomic E-state index is 11.9. The van der Waals surface area contributed by atoms with Crippen LogP contribution in [0.2, 0.25) is 0 Å². The van der Waals surface area contributed by atoms with Crippen LogP contribution in [0.25, 0.3) is 0 Å². The van der Waals surface area contributed by atoms with Gasteiger partial charge in [-0.2, -0.15) is 5.26 Å². The van der Waals surface area contributed by atoms with Crippen LogP contribution in [-0.2, 0) is 16.0 Å². The van der Waals surface area contributed by atoms with Gasteiger partial charge in [0.1, 0.15) is 6.04 Å². The molecule has 0 saturated carbocycles. The van der Waals surface area contributed by atoms with E-state index in [1.54, 1.807) is 0 Å². The third kappa shape index (κ3) is 4.32. The van der Waals surface area contributed by atoms with Gasteiger partial charge in [-0.3, -0.25) is 4.79 Å². The highest BCUT2D eigenvalue weighted by atomic mass is 79.9. The number of nitriles is 1. The van der Waals surface area contributed by atoms with Crippen LogP contribution in [0.15, 0.2) is 28.7 Å². The van der Waals surface area contributed by atoms with Crippen LogP contribution in [0, 0.1) is 17.2 Å². The normalized spacial score (nSPS) is 19.3. The first-order valence-electron chi connectivity index (χ1n) is 6.70. The summed E-state index contributed by atoms with van der Waals surface area (Å²) in [5.74, 6) is 0.0444. The van der Waals surface area contributed by atoms with Gasteiger partial charge in [-0.25, -0.2) is 0 Å². The smallest absolute Gasteiger partial charge is 0.221 e. The molecule has 1 aliphatic rings. The zero-order chi connectivity index (χ0) is 14.4. The maximum Gasteiger partial charge on any atom is 0.221 e. The van der Waals surface area contributed by atoms with E-state index in [0.717, 1.165) is 16.5 Å². The summed E-state index contributed by atoms with van der Waals surface area (Å²) in [6.45, 7) is 1.24. The number of ether oxygens (including phenoxy) is 1. The molecule has 106 valence electrons. The van der Waals surface area contributed by atoms with Crippen LogP contribution in [0.4, 0.5) is 0 Å². The number of benzene rings is 1. The molecule has 1 saturated heterocycles. The third-order valence-corrected chi connectivity index (χ3v) is 3.97. The van der Waals surface area contributed by atoms with Crippen molar-refractivity contribution in [1.82, 2.24) is 5.32 Å². The minimum absolute atomic E-state index is 0.0774. The van der Waals surface area contributed by atoms with Gasteiger partial charge in [0.15, 0.2) is 0 Å². The van der Waals surface area contributed by atoms with Crippen LogP contribution in [0.3, 0.4) is 0 Å². The Morgan fingerprint density at radius 1 is 1.50 bits per heavy atom. The zero-order valence-electron chi connectivity index (χ0n) is 11.1. The molecular formula is C15H17BrN2O2. The van der Waals surface area contributed by atoms with E-state index in [9.17, 15) is 4.79 Å². The first-order chi connectivity index (χ1) is 9.69. The Kier molecular flexibility index (Phi) is 5.57. The van der Waals surface area contributed by atoms with Crippen molar-refractivity contribution in [1.29, 1.82) is 5.26 Å². The van der Waals surface area contributed by atoms with Gasteiger partial charge in [-0.1, -0.05) is 28.1 Å². The van der Waals surface area contributed by atoms with Crippen molar-refractivity contribution in [3.8, 4) is 6.07 Å². The van der Waals surface area contributed by atoms with Gasteiger partial charge in [0.25, 0.3) is 0 Å². The molecule has 2 atom stereocenters. The molecule has 0 aromatic heterocycles. The van der Waals surface area contributed by atoms with E-state index in [1.807, 2.05) is 24.3 Å². The Morgan fingerprint density at radius 2 is 2.25 bits per heavy atom. The van der Waals surface area contributed by atoms with Crippen LogP contribution < -0.4 is 5.32 Å². The van der Waals surface area contributed by atoms with Crippen molar-refractivity contribution < 1.29 is 9.53 Å². The first kappa shape index (κ1) is 15.0. The van der Waals surface area contributed by atoms with Crippen molar-refractivity contribution >= 4 is 21.8 Å². The summed E-state index contributed by atoms with van der Waals surface area (Å²) in [6, 6.07) is 9.63. The number of carbonyl (C=O) groups excluding carboxylic acids is 1. The minimum Gasteiger partial charge on any atom is -0.381 e. The highest BCUT2D eigenvalue weighted by molar-refractivity contribution is 9.10. The van der Waals surface area contributed by atoms with Crippen LogP contribution in [0.1, 0.15) is 18.4 Å². The number of hydrogen-bond donors (Lipinski definition) is 1. The molecule has 4 nitrogen and oxygen atoms in total. The summed E-state index contributed by atoms with van der Waals surface area (Å²) in [5, 5.41) is 11.9. The second kappa shape index (κ2) is 7.41. The Bertz CT molecular complexity index is 490. The fourth-order valence-electron chi connectivity index (χ4n) is 2.23. The predicted molar refractivity (Wildman–Crippen MR) is 78.9 cm³/mol. The lowest BCUT2D eigenvalue weighted by molar-refractivity contribution is -0.121. The van der Waals surface area contributed by atoms with E-state index in [-0.39, 0.29) is 11.8 Å². The van der Waals surface area contributed by atoms with Gasteiger partial charge in [0.2, 0.25) is 5.91 Å². The minimum atomic E-state index is -0.435. The Hall–Kier alpha value is -1.38. The summed E-state index contributed by atoms with van der Waals surface area (Å²) in [5.41, 5.74) is 1.11. The SMILES string of the molecule is N#C[C@@H](NC(=O)CCc1ccc(Br)cc1)[C@H]1CCOC1. The van der Waals surface area contributed by atoms with Gasteiger partial charge < -0.3 is 10.1 Å². The number of hydrogen-bond acceptors (Lipinski definition) is 3. The standard InChI is InChI=1S/C15H17BrN2O2/c16-13-4-1-11(2-5-13)3-6-15(19)18-14(9-17)12-7-8-20-10-12/h1-2,4-5,12,14H,3,6-8,10H2,(H,18,19)/t12-,14+/m0/s1. The van der Waals surface area contributed by atoms with E-state index in [0.29, 0.717) is 26.1 Å². The third-order valence-electron chi connectivity index (χ3n) is 3.45. The average molecular weight is 337 g/mol. The topological polar surface area (TPSA) is 62.1 Å². The molecule has 0 unspecified atom stereocenters. The van der Waals surface area contributed by atoms with Crippen molar-refractivity contribution in [2.45, 2.75) is 25.3 Å². The van der Waals surface area contributed by atoms with E-state index < -0.39 is 6.04 Å². The molecule has 1 aliphatic heterocycles. The molecule has 2 rings (SSSR count). The molecule has 0 spiro atoms. The predicted octanol–water partition coefficient (Wildman–Crippen LogP) is 2.43. The molecule has 5 heteroatoms. The summed E-state index contributed by atoms with van der Waals surface area (Å²) < 4.78 is 6.28. The van der Waals surface area contributed by atoms with E-state index in [1.165, 1.54) is 0 Å². The molecule has 1 aromatic carbocycles. The first-order valence-corrected chi connectivity index (χ1v) is 7.49. The molecule has 1 N–H and O–H groups in total. The molecular weight excluding hydrogens is 320 g/mol. The van der Waals surface area contributed by atoms with Crippen molar-refractivity contribution in [3.05, 3.63) is 34.3 Å². The lowest BCUT2D eigenvalue weighted by Crippen LogP contribution is -2.39. The van der Waals surface area contributed by atoms with Gasteiger partial charge in [-0.05, 0) is 30.5 Å². The van der Waals surface area contributed by atoms with Gasteiger partial charge in [-0.15, -0.1) is 0 Å². The van der Waals surface area contributed by atoms with Crippen molar-refractivity contribution in [3.63, 3.8) is 0 Å². The van der Waals surface area contributed by atoms with Crippen LogP contribution >= 0.6 is 15.9 Å². The highest BCUT2D eigenvalue weighted by Gasteiger charge is 2.26. The highest BCUT2D eigenvalue weighted by Crippen LogP contribution is 2.16. The summed E-state index contributed by atoms with van der Waals surface area (Å²) >= 11 is 3.38.